The van der Waals surface area contributed by atoms with Gasteiger partial charge in [0.2, 0.25) is 5.95 Å². The van der Waals surface area contributed by atoms with E-state index in [2.05, 4.69) is 20.6 Å². The number of carbonyl (C=O) groups is 1. The normalized spacial score (nSPS) is 14.3. The third-order valence-corrected chi connectivity index (χ3v) is 4.48. The minimum absolute atomic E-state index is 0.316. The average molecular weight is 405 g/mol. The molecule has 1 aromatic carbocycles. The van der Waals surface area contributed by atoms with E-state index in [1.54, 1.807) is 18.2 Å². The van der Waals surface area contributed by atoms with Gasteiger partial charge in [0.15, 0.2) is 11.4 Å². The molecule has 0 radical (unpaired) electrons. The minimum atomic E-state index is -4.85. The monoisotopic (exact) mass is 405 g/mol. The Morgan fingerprint density at radius 2 is 2.07 bits per heavy atom. The van der Waals surface area contributed by atoms with Gasteiger partial charge in [0, 0.05) is 12.2 Å². The Balaban J connectivity index is 1.73. The van der Waals surface area contributed by atoms with Gasteiger partial charge in [0.05, 0.1) is 17.8 Å². The predicted molar refractivity (Wildman–Crippen MR) is 97.5 cm³/mol. The van der Waals surface area contributed by atoms with Crippen LogP contribution in [-0.2, 0) is 6.18 Å². The summed E-state index contributed by atoms with van der Waals surface area (Å²) in [6.07, 6.45) is -0.919. The van der Waals surface area contributed by atoms with Crippen molar-refractivity contribution in [2.24, 2.45) is 5.92 Å². The fourth-order valence-electron chi connectivity index (χ4n) is 3.08. The number of rotatable bonds is 5. The first-order chi connectivity index (χ1) is 13.8. The number of ether oxygens (including phenoxy) is 1. The third kappa shape index (κ3) is 5.57. The molecular formula is C19H18F3N5O2. The number of nitriles is 1. The molecule has 0 atom stereocenters. The zero-order valence-electron chi connectivity index (χ0n) is 15.3. The summed E-state index contributed by atoms with van der Waals surface area (Å²) in [5.74, 6) is -0.805. The summed E-state index contributed by atoms with van der Waals surface area (Å²) in [5.41, 5.74) is -0.701. The Labute approximate surface area is 164 Å². The van der Waals surface area contributed by atoms with E-state index in [0.29, 0.717) is 23.7 Å². The van der Waals surface area contributed by atoms with E-state index in [9.17, 15) is 18.0 Å². The van der Waals surface area contributed by atoms with Crippen molar-refractivity contribution in [2.75, 3.05) is 11.9 Å². The number of anilines is 2. The van der Waals surface area contributed by atoms with Gasteiger partial charge in [-0.15, -0.1) is 0 Å². The summed E-state index contributed by atoms with van der Waals surface area (Å²) in [7, 11) is 0. The van der Waals surface area contributed by atoms with E-state index in [0.717, 1.165) is 31.9 Å². The number of benzene rings is 1. The van der Waals surface area contributed by atoms with Crippen molar-refractivity contribution in [3.8, 4) is 11.8 Å². The number of alkyl halides is 3. The molecule has 10 heteroatoms. The molecule has 2 N–H and O–H groups in total. The van der Waals surface area contributed by atoms with Crippen LogP contribution in [-0.4, -0.2) is 22.6 Å². The highest BCUT2D eigenvalue weighted by Gasteiger charge is 2.38. The Morgan fingerprint density at radius 3 is 2.76 bits per heavy atom. The number of amides is 1. The molecule has 152 valence electrons. The zero-order valence-corrected chi connectivity index (χ0v) is 15.3. The molecule has 3 rings (SSSR count). The molecule has 29 heavy (non-hydrogen) atoms. The van der Waals surface area contributed by atoms with Crippen molar-refractivity contribution >= 4 is 17.7 Å². The first-order valence-electron chi connectivity index (χ1n) is 9.02. The van der Waals surface area contributed by atoms with Crippen molar-refractivity contribution in [2.45, 2.75) is 31.9 Å². The average Bonchev–Trinajstić information content (AvgIpc) is 3.20. The molecule has 1 aliphatic rings. The van der Waals surface area contributed by atoms with Gasteiger partial charge in [-0.05, 0) is 37.0 Å². The van der Waals surface area contributed by atoms with Crippen LogP contribution < -0.4 is 15.4 Å². The molecule has 1 heterocycles. The van der Waals surface area contributed by atoms with Gasteiger partial charge in [-0.1, -0.05) is 18.9 Å². The number of halogens is 3. The lowest BCUT2D eigenvalue weighted by Crippen LogP contribution is -2.31. The number of hydrogen-bond acceptors (Lipinski definition) is 6. The first-order valence-corrected chi connectivity index (χ1v) is 9.02. The fourth-order valence-corrected chi connectivity index (χ4v) is 3.08. The van der Waals surface area contributed by atoms with Crippen LogP contribution in [0.25, 0.3) is 0 Å². The Hall–Kier alpha value is -3.35. The van der Waals surface area contributed by atoms with Crippen LogP contribution in [0.2, 0.25) is 0 Å². The van der Waals surface area contributed by atoms with E-state index in [-0.39, 0.29) is 5.95 Å². The van der Waals surface area contributed by atoms with Gasteiger partial charge >= 0.3 is 12.3 Å². The maximum absolute atomic E-state index is 13.4. The molecule has 7 nitrogen and oxygen atoms in total. The van der Waals surface area contributed by atoms with E-state index in [4.69, 9.17) is 10.00 Å². The van der Waals surface area contributed by atoms with Crippen LogP contribution in [0.1, 0.15) is 36.9 Å². The lowest BCUT2D eigenvalue weighted by Gasteiger charge is -2.15. The van der Waals surface area contributed by atoms with Crippen LogP contribution in [0, 0.1) is 17.2 Å². The van der Waals surface area contributed by atoms with Crippen molar-refractivity contribution in [3.05, 3.63) is 41.7 Å². The maximum Gasteiger partial charge on any atom is 0.437 e. The molecule has 0 unspecified atom stereocenters. The SMILES string of the molecule is N#Cc1cccc(Nc2ncc(OC(=O)NCC3CCCC3)c(C(F)(F)F)n2)c1. The van der Waals surface area contributed by atoms with Gasteiger partial charge in [-0.2, -0.15) is 18.4 Å². The second-order valence-electron chi connectivity index (χ2n) is 6.64. The highest BCUT2D eigenvalue weighted by molar-refractivity contribution is 5.70. The lowest BCUT2D eigenvalue weighted by atomic mass is 10.1. The minimum Gasteiger partial charge on any atom is -0.406 e. The summed E-state index contributed by atoms with van der Waals surface area (Å²) in [6.45, 7) is 0.357. The number of nitrogens with one attached hydrogen (secondary N) is 2. The molecule has 1 amide bonds. The topological polar surface area (TPSA) is 99.9 Å². The molecule has 0 aliphatic heterocycles. The van der Waals surface area contributed by atoms with Gasteiger partial charge in [-0.3, -0.25) is 0 Å². The predicted octanol–water partition coefficient (Wildman–Crippen LogP) is 4.39. The third-order valence-electron chi connectivity index (χ3n) is 4.48. The van der Waals surface area contributed by atoms with E-state index >= 15 is 0 Å². The van der Waals surface area contributed by atoms with Gasteiger partial charge in [0.25, 0.3) is 0 Å². The highest BCUT2D eigenvalue weighted by atomic mass is 19.4. The Morgan fingerprint density at radius 1 is 1.31 bits per heavy atom. The zero-order chi connectivity index (χ0) is 20.9. The number of carbonyl (C=O) groups excluding carboxylic acids is 1. The second-order valence-corrected chi connectivity index (χ2v) is 6.64. The smallest absolute Gasteiger partial charge is 0.406 e. The Kier molecular flexibility index (Phi) is 6.16. The standard InChI is InChI=1S/C19H18F3N5O2/c20-19(21,22)16-15(29-18(28)25-10-12-4-1-2-5-12)11-24-17(27-16)26-14-7-3-6-13(8-14)9-23/h3,6-8,11-12H,1-2,4-5,10H2,(H,25,28)(H,24,26,27). The van der Waals surface area contributed by atoms with Crippen molar-refractivity contribution in [1.29, 1.82) is 5.26 Å². The van der Waals surface area contributed by atoms with E-state index in [1.165, 1.54) is 6.07 Å². The molecule has 1 fully saturated rings. The molecule has 0 saturated heterocycles. The molecule has 2 aromatic rings. The van der Waals surface area contributed by atoms with Crippen LogP contribution in [0.15, 0.2) is 30.5 Å². The van der Waals surface area contributed by atoms with Gasteiger partial charge in [-0.25, -0.2) is 14.8 Å². The molecule has 0 bridgehead atoms. The van der Waals surface area contributed by atoms with Crippen molar-refractivity contribution in [3.63, 3.8) is 0 Å². The fraction of sp³-hybridized carbons (Fsp3) is 0.368. The number of aromatic nitrogens is 2. The summed E-state index contributed by atoms with van der Waals surface area (Å²) >= 11 is 0. The van der Waals surface area contributed by atoms with Crippen LogP contribution >= 0.6 is 0 Å². The highest BCUT2D eigenvalue weighted by Crippen LogP contribution is 2.35. The molecule has 0 spiro atoms. The number of hydrogen-bond donors (Lipinski definition) is 2. The quantitative estimate of drug-likeness (QED) is 0.765. The van der Waals surface area contributed by atoms with Crippen LogP contribution in [0.5, 0.6) is 5.75 Å². The van der Waals surface area contributed by atoms with Gasteiger partial charge in [0.1, 0.15) is 0 Å². The van der Waals surface area contributed by atoms with Crippen LogP contribution in [0.4, 0.5) is 29.6 Å². The second kappa shape index (κ2) is 8.77. The summed E-state index contributed by atoms with van der Waals surface area (Å²) in [6, 6.07) is 8.04. The van der Waals surface area contributed by atoms with Crippen molar-refractivity contribution < 1.29 is 22.7 Å². The summed E-state index contributed by atoms with van der Waals surface area (Å²) in [4.78, 5) is 19.1. The molecule has 1 aromatic heterocycles. The molecular weight excluding hydrogens is 387 g/mol. The van der Waals surface area contributed by atoms with Crippen molar-refractivity contribution in [1.82, 2.24) is 15.3 Å². The van der Waals surface area contributed by atoms with Crippen LogP contribution in [0.3, 0.4) is 0 Å². The molecule has 1 aliphatic carbocycles. The summed E-state index contributed by atoms with van der Waals surface area (Å²) in [5, 5.41) is 14.0. The summed E-state index contributed by atoms with van der Waals surface area (Å²) < 4.78 is 45.0. The largest absolute Gasteiger partial charge is 0.437 e. The van der Waals surface area contributed by atoms with E-state index in [1.807, 2.05) is 6.07 Å². The lowest BCUT2D eigenvalue weighted by molar-refractivity contribution is -0.142. The number of nitrogens with zero attached hydrogens (tertiary/aromatic N) is 3. The Bertz CT molecular complexity index is 921. The maximum atomic E-state index is 13.4. The van der Waals surface area contributed by atoms with E-state index < -0.39 is 23.7 Å². The van der Waals surface area contributed by atoms with Gasteiger partial charge < -0.3 is 15.4 Å². The molecule has 1 saturated carbocycles. The first kappa shape index (κ1) is 20.4.